The van der Waals surface area contributed by atoms with Gasteiger partial charge in [0.15, 0.2) is 10.8 Å². The van der Waals surface area contributed by atoms with Gasteiger partial charge in [0.05, 0.1) is 16.9 Å². The molecule has 0 unspecified atom stereocenters. The Bertz CT molecular complexity index is 1120. The van der Waals surface area contributed by atoms with Gasteiger partial charge in [-0.1, -0.05) is 24.3 Å². The molecule has 166 valence electrons. The van der Waals surface area contributed by atoms with Gasteiger partial charge in [0.1, 0.15) is 0 Å². The zero-order valence-corrected chi connectivity index (χ0v) is 20.1. The minimum Gasteiger partial charge on any atom is -0.379 e. The standard InChI is InChI=1S/C22H29N5O2S2/c1-16-19(10-11-21(25-16)31(28,29)26-20-14-30-15-24-20)23-12-17-8-6-7-9-18(17)13-27(5)22(2,3)4/h6-11,14-15,23,26H,12-13H2,1-5H3. The maximum absolute atomic E-state index is 12.5. The molecule has 0 radical (unpaired) electrons. The molecule has 0 saturated heterocycles. The molecule has 7 nitrogen and oxygen atoms in total. The molecule has 0 saturated carbocycles. The smallest absolute Gasteiger partial charge is 0.280 e. The fraction of sp³-hybridized carbons (Fsp3) is 0.364. The molecule has 0 fully saturated rings. The number of rotatable bonds is 8. The lowest BCUT2D eigenvalue weighted by atomic mass is 10.0. The first-order valence-electron chi connectivity index (χ1n) is 9.97. The number of nitrogens with one attached hydrogen (secondary N) is 2. The van der Waals surface area contributed by atoms with Gasteiger partial charge in [0, 0.05) is 24.0 Å². The molecule has 0 atom stereocenters. The van der Waals surface area contributed by atoms with E-state index < -0.39 is 10.0 Å². The summed E-state index contributed by atoms with van der Waals surface area (Å²) in [6.07, 6.45) is 0. The molecular formula is C22H29N5O2S2. The van der Waals surface area contributed by atoms with Gasteiger partial charge >= 0.3 is 0 Å². The molecule has 0 aliphatic rings. The van der Waals surface area contributed by atoms with E-state index in [2.05, 4.69) is 70.9 Å². The Labute approximate surface area is 188 Å². The van der Waals surface area contributed by atoms with Gasteiger partial charge in [-0.2, -0.15) is 8.42 Å². The van der Waals surface area contributed by atoms with Crippen LogP contribution in [0.3, 0.4) is 0 Å². The Morgan fingerprint density at radius 2 is 1.81 bits per heavy atom. The zero-order chi connectivity index (χ0) is 22.6. The number of aromatic nitrogens is 2. The number of anilines is 2. The van der Waals surface area contributed by atoms with Crippen LogP contribution in [0.2, 0.25) is 0 Å². The van der Waals surface area contributed by atoms with Crippen molar-refractivity contribution >= 4 is 32.9 Å². The summed E-state index contributed by atoms with van der Waals surface area (Å²) in [5.41, 5.74) is 5.51. The lowest BCUT2D eigenvalue weighted by molar-refractivity contribution is 0.167. The second-order valence-corrected chi connectivity index (χ2v) is 10.8. The molecule has 0 aliphatic heterocycles. The van der Waals surface area contributed by atoms with Crippen molar-refractivity contribution in [1.29, 1.82) is 0 Å². The number of hydrogen-bond acceptors (Lipinski definition) is 7. The highest BCUT2D eigenvalue weighted by Crippen LogP contribution is 2.21. The van der Waals surface area contributed by atoms with E-state index in [1.165, 1.54) is 28.5 Å². The normalized spacial score (nSPS) is 12.2. The van der Waals surface area contributed by atoms with Crippen LogP contribution in [0.25, 0.3) is 0 Å². The van der Waals surface area contributed by atoms with Gasteiger partial charge in [-0.3, -0.25) is 9.62 Å². The molecule has 3 rings (SSSR count). The summed E-state index contributed by atoms with van der Waals surface area (Å²) in [6, 6.07) is 11.6. The molecule has 1 aromatic carbocycles. The SMILES string of the molecule is Cc1nc(S(=O)(=O)Nc2cscn2)ccc1NCc1ccccc1CN(C)C(C)(C)C. The largest absolute Gasteiger partial charge is 0.379 e. The van der Waals surface area contributed by atoms with Gasteiger partial charge in [0.2, 0.25) is 0 Å². The van der Waals surface area contributed by atoms with E-state index >= 15 is 0 Å². The molecule has 0 spiro atoms. The first-order chi connectivity index (χ1) is 14.6. The quantitative estimate of drug-likeness (QED) is 0.516. The number of thiazole rings is 1. The van der Waals surface area contributed by atoms with Crippen LogP contribution in [0.1, 0.15) is 37.6 Å². The van der Waals surface area contributed by atoms with Crippen molar-refractivity contribution in [3.05, 3.63) is 64.1 Å². The van der Waals surface area contributed by atoms with Crippen molar-refractivity contribution in [2.45, 2.75) is 51.3 Å². The minimum absolute atomic E-state index is 0.0317. The summed E-state index contributed by atoms with van der Waals surface area (Å²) in [7, 11) is -1.65. The lowest BCUT2D eigenvalue weighted by Gasteiger charge is -2.32. The number of sulfonamides is 1. The first kappa shape index (κ1) is 23.2. The van der Waals surface area contributed by atoms with Gasteiger partial charge in [0.25, 0.3) is 10.0 Å². The third kappa shape index (κ3) is 6.03. The second-order valence-electron chi connectivity index (χ2n) is 8.41. The summed E-state index contributed by atoms with van der Waals surface area (Å²) in [5.74, 6) is 0.295. The van der Waals surface area contributed by atoms with E-state index in [4.69, 9.17) is 0 Å². The van der Waals surface area contributed by atoms with Crippen molar-refractivity contribution in [3.8, 4) is 0 Å². The molecule has 31 heavy (non-hydrogen) atoms. The number of hydrogen-bond donors (Lipinski definition) is 2. The maximum Gasteiger partial charge on any atom is 0.280 e. The summed E-state index contributed by atoms with van der Waals surface area (Å²) in [4.78, 5) is 10.6. The Morgan fingerprint density at radius 3 is 2.42 bits per heavy atom. The predicted molar refractivity (Wildman–Crippen MR) is 127 cm³/mol. The highest BCUT2D eigenvalue weighted by molar-refractivity contribution is 7.92. The topological polar surface area (TPSA) is 87.2 Å². The molecule has 0 amide bonds. The second kappa shape index (κ2) is 9.33. The summed E-state index contributed by atoms with van der Waals surface area (Å²) < 4.78 is 27.5. The van der Waals surface area contributed by atoms with Gasteiger partial charge in [-0.25, -0.2) is 9.97 Å². The fourth-order valence-electron chi connectivity index (χ4n) is 2.89. The Morgan fingerprint density at radius 1 is 1.10 bits per heavy atom. The van der Waals surface area contributed by atoms with Crippen LogP contribution >= 0.6 is 11.3 Å². The molecular weight excluding hydrogens is 430 g/mol. The van der Waals surface area contributed by atoms with Crippen LogP contribution in [-0.2, 0) is 23.1 Å². The van der Waals surface area contributed by atoms with Gasteiger partial charge < -0.3 is 5.32 Å². The maximum atomic E-state index is 12.5. The Kier molecular flexibility index (Phi) is 6.98. The van der Waals surface area contributed by atoms with Crippen molar-refractivity contribution in [2.75, 3.05) is 17.1 Å². The van der Waals surface area contributed by atoms with E-state index in [9.17, 15) is 8.42 Å². The van der Waals surface area contributed by atoms with Crippen molar-refractivity contribution in [3.63, 3.8) is 0 Å². The Hall–Kier alpha value is -2.49. The molecule has 0 aliphatic carbocycles. The molecule has 9 heteroatoms. The van der Waals surface area contributed by atoms with E-state index in [1.807, 2.05) is 6.07 Å². The third-order valence-electron chi connectivity index (χ3n) is 5.15. The zero-order valence-electron chi connectivity index (χ0n) is 18.5. The molecule has 2 heterocycles. The number of nitrogens with zero attached hydrogens (tertiary/aromatic N) is 3. The van der Waals surface area contributed by atoms with E-state index in [-0.39, 0.29) is 10.6 Å². The first-order valence-corrected chi connectivity index (χ1v) is 12.4. The predicted octanol–water partition coefficient (Wildman–Crippen LogP) is 4.49. The highest BCUT2D eigenvalue weighted by Gasteiger charge is 2.19. The average Bonchev–Trinajstić information content (AvgIpc) is 3.19. The summed E-state index contributed by atoms with van der Waals surface area (Å²) >= 11 is 1.32. The number of pyridine rings is 1. The summed E-state index contributed by atoms with van der Waals surface area (Å²) in [5, 5.41) is 5.00. The van der Waals surface area contributed by atoms with Crippen LogP contribution in [0.15, 0.2) is 52.3 Å². The van der Waals surface area contributed by atoms with E-state index in [1.54, 1.807) is 23.9 Å². The molecule has 0 bridgehead atoms. The number of benzene rings is 1. The third-order valence-corrected chi connectivity index (χ3v) is 6.99. The van der Waals surface area contributed by atoms with Gasteiger partial charge in [-0.15, -0.1) is 11.3 Å². The monoisotopic (exact) mass is 459 g/mol. The fourth-order valence-corrected chi connectivity index (χ4v) is 4.45. The highest BCUT2D eigenvalue weighted by atomic mass is 32.2. The van der Waals surface area contributed by atoms with Crippen molar-refractivity contribution < 1.29 is 8.42 Å². The lowest BCUT2D eigenvalue weighted by Crippen LogP contribution is -2.37. The van der Waals surface area contributed by atoms with Crippen LogP contribution in [-0.4, -0.2) is 35.9 Å². The molecule has 2 N–H and O–H groups in total. The van der Waals surface area contributed by atoms with Gasteiger partial charge in [-0.05, 0) is 58.0 Å². The van der Waals surface area contributed by atoms with Crippen LogP contribution in [0.4, 0.5) is 11.5 Å². The van der Waals surface area contributed by atoms with Crippen molar-refractivity contribution in [2.24, 2.45) is 0 Å². The van der Waals surface area contributed by atoms with Crippen LogP contribution in [0.5, 0.6) is 0 Å². The Balaban J connectivity index is 1.72. The van der Waals surface area contributed by atoms with Crippen LogP contribution in [0, 0.1) is 6.92 Å². The average molecular weight is 460 g/mol. The van der Waals surface area contributed by atoms with Crippen molar-refractivity contribution in [1.82, 2.24) is 14.9 Å². The van der Waals surface area contributed by atoms with Crippen LogP contribution < -0.4 is 10.0 Å². The molecule has 2 aromatic heterocycles. The molecule has 3 aromatic rings. The summed E-state index contributed by atoms with van der Waals surface area (Å²) in [6.45, 7) is 9.85. The van der Waals surface area contributed by atoms with E-state index in [0.29, 0.717) is 18.1 Å². The number of aryl methyl sites for hydroxylation is 1. The van der Waals surface area contributed by atoms with E-state index in [0.717, 1.165) is 12.2 Å². The minimum atomic E-state index is -3.77.